The lowest BCUT2D eigenvalue weighted by Gasteiger charge is -2.38. The lowest BCUT2D eigenvalue weighted by molar-refractivity contribution is -0.141. The van der Waals surface area contributed by atoms with Crippen LogP contribution < -0.4 is 5.73 Å². The van der Waals surface area contributed by atoms with Gasteiger partial charge in [-0.15, -0.1) is 0 Å². The Morgan fingerprint density at radius 1 is 1.34 bits per heavy atom. The highest BCUT2D eigenvalue weighted by Crippen LogP contribution is 2.42. The second kappa shape index (κ2) is 8.00. The number of ether oxygens (including phenoxy) is 1. The highest BCUT2D eigenvalue weighted by Gasteiger charge is 2.37. The fourth-order valence-corrected chi connectivity index (χ4v) is 5.46. The molecule has 0 saturated carbocycles. The van der Waals surface area contributed by atoms with E-state index in [9.17, 15) is 18.0 Å². The van der Waals surface area contributed by atoms with Crippen LogP contribution >= 0.6 is 11.8 Å². The van der Waals surface area contributed by atoms with E-state index in [2.05, 4.69) is 14.7 Å². The summed E-state index contributed by atoms with van der Waals surface area (Å²) in [5.41, 5.74) is 8.23. The molecule has 2 N–H and O–H groups in total. The van der Waals surface area contributed by atoms with Crippen molar-refractivity contribution in [2.45, 2.75) is 43.4 Å². The van der Waals surface area contributed by atoms with Crippen molar-refractivity contribution in [2.24, 2.45) is 5.73 Å². The topological polar surface area (TPSA) is 73.4 Å². The average Bonchev–Trinajstić information content (AvgIpc) is 3.23. The molecule has 2 aliphatic rings. The molecule has 1 saturated heterocycles. The highest BCUT2D eigenvalue weighted by atomic mass is 32.2. The molecule has 29 heavy (non-hydrogen) atoms. The fraction of sp³-hybridized carbons (Fsp3) is 0.474. The van der Waals surface area contributed by atoms with Gasteiger partial charge in [0.05, 0.1) is 12.8 Å². The first-order valence-corrected chi connectivity index (χ1v) is 10.3. The van der Waals surface area contributed by atoms with E-state index < -0.39 is 28.7 Å². The van der Waals surface area contributed by atoms with Gasteiger partial charge in [0.25, 0.3) is 0 Å². The van der Waals surface area contributed by atoms with Gasteiger partial charge in [0.1, 0.15) is 12.4 Å². The molecule has 6 nitrogen and oxygen atoms in total. The van der Waals surface area contributed by atoms with E-state index in [1.165, 1.54) is 18.9 Å². The molecule has 0 amide bonds. The number of carbonyl (C=O) groups excluding carboxylic acids is 1. The van der Waals surface area contributed by atoms with Crippen LogP contribution in [-0.2, 0) is 29.2 Å². The van der Waals surface area contributed by atoms with Crippen molar-refractivity contribution < 1.29 is 22.7 Å². The van der Waals surface area contributed by atoms with Gasteiger partial charge in [-0.25, -0.2) is 13.2 Å². The van der Waals surface area contributed by atoms with Crippen molar-refractivity contribution in [3.63, 3.8) is 0 Å². The third-order valence-electron chi connectivity index (χ3n) is 5.42. The monoisotopic (exact) mass is 426 g/mol. The summed E-state index contributed by atoms with van der Waals surface area (Å²) in [7, 11) is 1.34. The maximum absolute atomic E-state index is 14.2. The Bertz CT molecular complexity index is 915. The predicted molar refractivity (Wildman–Crippen MR) is 101 cm³/mol. The van der Waals surface area contributed by atoms with Gasteiger partial charge < -0.3 is 10.5 Å². The maximum Gasteiger partial charge on any atom is 0.327 e. The summed E-state index contributed by atoms with van der Waals surface area (Å²) in [4.78, 5) is 13.6. The van der Waals surface area contributed by atoms with Gasteiger partial charge in [-0.3, -0.25) is 14.4 Å². The second-order valence-corrected chi connectivity index (χ2v) is 8.55. The van der Waals surface area contributed by atoms with Crippen molar-refractivity contribution in [1.82, 2.24) is 14.7 Å². The van der Waals surface area contributed by atoms with Crippen LogP contribution in [0.4, 0.5) is 13.2 Å². The Morgan fingerprint density at radius 3 is 2.83 bits per heavy atom. The van der Waals surface area contributed by atoms with Crippen molar-refractivity contribution in [3.8, 4) is 0 Å². The highest BCUT2D eigenvalue weighted by molar-refractivity contribution is 7.99. The summed E-state index contributed by atoms with van der Waals surface area (Å²) >= 11 is 1.42. The van der Waals surface area contributed by atoms with Crippen LogP contribution in [0, 0.1) is 17.5 Å². The molecule has 4 rings (SSSR count). The summed E-state index contributed by atoms with van der Waals surface area (Å²) in [5, 5.41) is 3.94. The number of aromatic nitrogens is 2. The third-order valence-corrected chi connectivity index (χ3v) is 6.95. The van der Waals surface area contributed by atoms with E-state index in [1.807, 2.05) is 6.20 Å². The molecule has 10 heteroatoms. The van der Waals surface area contributed by atoms with Crippen molar-refractivity contribution in [3.05, 3.63) is 52.6 Å². The predicted octanol–water partition coefficient (Wildman–Crippen LogP) is 2.36. The van der Waals surface area contributed by atoms with Crippen molar-refractivity contribution in [1.29, 1.82) is 0 Å². The molecule has 0 radical (unpaired) electrons. The summed E-state index contributed by atoms with van der Waals surface area (Å²) in [6, 6.07) is 1.30. The van der Waals surface area contributed by atoms with E-state index in [4.69, 9.17) is 5.73 Å². The molecule has 3 heterocycles. The van der Waals surface area contributed by atoms with Crippen LogP contribution in [0.15, 0.2) is 18.3 Å². The molecule has 1 aromatic heterocycles. The molecular weight excluding hydrogens is 405 g/mol. The minimum Gasteiger partial charge on any atom is -0.468 e. The van der Waals surface area contributed by atoms with Gasteiger partial charge in [-0.1, -0.05) is 0 Å². The zero-order valence-electron chi connectivity index (χ0n) is 15.8. The van der Waals surface area contributed by atoms with E-state index in [-0.39, 0.29) is 24.1 Å². The first kappa shape index (κ1) is 20.2. The first-order valence-electron chi connectivity index (χ1n) is 9.23. The smallest absolute Gasteiger partial charge is 0.327 e. The van der Waals surface area contributed by atoms with Gasteiger partial charge in [-0.2, -0.15) is 16.9 Å². The van der Waals surface area contributed by atoms with Gasteiger partial charge in [0.15, 0.2) is 11.6 Å². The molecule has 1 fully saturated rings. The zero-order valence-corrected chi connectivity index (χ0v) is 16.6. The van der Waals surface area contributed by atoms with Crippen LogP contribution in [-0.4, -0.2) is 45.6 Å². The number of thioether (sulfide) groups is 1. The third kappa shape index (κ3) is 4.01. The van der Waals surface area contributed by atoms with Crippen LogP contribution in [0.25, 0.3) is 0 Å². The lowest BCUT2D eigenvalue weighted by Crippen LogP contribution is -2.44. The number of hydrogen-bond donors (Lipinski definition) is 1. The van der Waals surface area contributed by atoms with Crippen molar-refractivity contribution in [2.75, 3.05) is 12.9 Å². The quantitative estimate of drug-likeness (QED) is 0.598. The minimum atomic E-state index is -1.19. The molecule has 156 valence electrons. The summed E-state index contributed by atoms with van der Waals surface area (Å²) in [6.45, 7) is 1.39. The number of nitrogens with two attached hydrogens (primary N) is 1. The maximum atomic E-state index is 14.2. The van der Waals surface area contributed by atoms with Gasteiger partial charge in [0, 0.05) is 59.6 Å². The Hall–Kier alpha value is -2.04. The SMILES string of the molecule is COC(=O)Cn1cc2c(n1)CN([C@H]1CS[C@H](c3cc(F)cc(F)c3F)[C@@H](N)C1)C2. The van der Waals surface area contributed by atoms with Gasteiger partial charge in [0.2, 0.25) is 0 Å². The van der Waals surface area contributed by atoms with E-state index in [1.54, 1.807) is 4.68 Å². The number of benzene rings is 1. The molecule has 0 aliphatic carbocycles. The van der Waals surface area contributed by atoms with E-state index in [0.717, 1.165) is 17.3 Å². The number of esters is 1. The van der Waals surface area contributed by atoms with Crippen LogP contribution in [0.2, 0.25) is 0 Å². The number of methoxy groups -OCH3 is 1. The Morgan fingerprint density at radius 2 is 2.14 bits per heavy atom. The fourth-order valence-electron chi connectivity index (χ4n) is 3.97. The number of fused-ring (bicyclic) bond motifs is 1. The Balaban J connectivity index is 1.40. The summed E-state index contributed by atoms with van der Waals surface area (Å²) in [6.07, 6.45) is 2.43. The summed E-state index contributed by atoms with van der Waals surface area (Å²) < 4.78 is 47.5. The standard InChI is InChI=1S/C19H21F3N4O2S/c1-28-17(27)8-26-6-10-5-25(7-16(10)24-26)12-4-15(23)19(29-9-12)13-2-11(20)3-14(21)18(13)22/h2-3,6,12,15,19H,4-5,7-9,23H2,1H3/t12-,15+,19-/m1/s1. The normalized spacial score (nSPS) is 24.5. The molecular formula is C19H21F3N4O2S. The van der Waals surface area contributed by atoms with E-state index >= 15 is 0 Å². The molecule has 0 bridgehead atoms. The van der Waals surface area contributed by atoms with E-state index in [0.29, 0.717) is 31.3 Å². The molecule has 1 aromatic carbocycles. The Labute approximate surface area is 170 Å². The van der Waals surface area contributed by atoms with Crippen molar-refractivity contribution >= 4 is 17.7 Å². The largest absolute Gasteiger partial charge is 0.468 e. The molecule has 2 aliphatic heterocycles. The number of nitrogens with zero attached hydrogens (tertiary/aromatic N) is 3. The molecule has 3 atom stereocenters. The summed E-state index contributed by atoms with van der Waals surface area (Å²) in [5.74, 6) is -2.71. The number of hydrogen-bond acceptors (Lipinski definition) is 6. The second-order valence-electron chi connectivity index (χ2n) is 7.38. The van der Waals surface area contributed by atoms with Crippen LogP contribution in [0.5, 0.6) is 0 Å². The first-order chi connectivity index (χ1) is 13.9. The van der Waals surface area contributed by atoms with Crippen LogP contribution in [0.3, 0.4) is 0 Å². The number of carbonyl (C=O) groups is 1. The zero-order chi connectivity index (χ0) is 20.7. The average molecular weight is 426 g/mol. The molecule has 0 spiro atoms. The van der Waals surface area contributed by atoms with Gasteiger partial charge in [-0.05, 0) is 12.5 Å². The number of halogens is 3. The molecule has 2 aromatic rings. The minimum absolute atomic E-state index is 0.0118. The molecule has 0 unspecified atom stereocenters. The Kier molecular flexibility index (Phi) is 5.58. The number of rotatable bonds is 4. The lowest BCUT2D eigenvalue weighted by atomic mass is 9.98. The van der Waals surface area contributed by atoms with Crippen LogP contribution in [0.1, 0.15) is 28.5 Å². The van der Waals surface area contributed by atoms with Gasteiger partial charge >= 0.3 is 5.97 Å².